The molecule has 0 aliphatic heterocycles. The second-order valence-corrected chi connectivity index (χ2v) is 8.48. The highest BCUT2D eigenvalue weighted by Gasteiger charge is 2.32. The van der Waals surface area contributed by atoms with Crippen LogP contribution in [0.2, 0.25) is 0 Å². The van der Waals surface area contributed by atoms with Gasteiger partial charge in [-0.2, -0.15) is 0 Å². The predicted octanol–water partition coefficient (Wildman–Crippen LogP) is 2.62. The third-order valence-corrected chi connectivity index (χ3v) is 3.25. The fourth-order valence-corrected chi connectivity index (χ4v) is 2.37. The zero-order chi connectivity index (χ0) is 15.6. The summed E-state index contributed by atoms with van der Waals surface area (Å²) in [5.41, 5.74) is 0.0440. The van der Waals surface area contributed by atoms with E-state index in [1.54, 1.807) is 0 Å². The van der Waals surface area contributed by atoms with Crippen LogP contribution in [0.4, 0.5) is 0 Å². The third-order valence-electron chi connectivity index (χ3n) is 3.25. The highest BCUT2D eigenvalue weighted by Crippen LogP contribution is 2.24. The predicted molar refractivity (Wildman–Crippen MR) is 81.2 cm³/mol. The first-order valence-corrected chi connectivity index (χ1v) is 7.53. The van der Waals surface area contributed by atoms with Gasteiger partial charge in [-0.15, -0.1) is 0 Å². The first kappa shape index (κ1) is 17.0. The molecule has 0 atom stereocenters. The molecule has 1 aliphatic carbocycles. The summed E-state index contributed by atoms with van der Waals surface area (Å²) in [5, 5.41) is 6.07. The van der Waals surface area contributed by atoms with Gasteiger partial charge in [-0.3, -0.25) is 9.59 Å². The van der Waals surface area contributed by atoms with E-state index in [0.29, 0.717) is 12.8 Å². The maximum absolute atomic E-state index is 11.8. The van der Waals surface area contributed by atoms with Gasteiger partial charge < -0.3 is 10.6 Å². The minimum atomic E-state index is 0.0220. The van der Waals surface area contributed by atoms with E-state index in [0.717, 1.165) is 12.8 Å². The maximum Gasteiger partial charge on any atom is 0.220 e. The molecule has 0 heterocycles. The van der Waals surface area contributed by atoms with Crippen molar-refractivity contribution >= 4 is 11.8 Å². The van der Waals surface area contributed by atoms with E-state index < -0.39 is 0 Å². The molecule has 4 nitrogen and oxygen atoms in total. The van der Waals surface area contributed by atoms with Gasteiger partial charge in [0.05, 0.1) is 0 Å². The summed E-state index contributed by atoms with van der Waals surface area (Å²) in [6.45, 7) is 12.4. The van der Waals surface area contributed by atoms with Crippen LogP contribution in [0.15, 0.2) is 0 Å². The number of amides is 2. The van der Waals surface area contributed by atoms with Crippen LogP contribution in [0.25, 0.3) is 0 Å². The Morgan fingerprint density at radius 2 is 1.10 bits per heavy atom. The van der Waals surface area contributed by atoms with Crippen molar-refractivity contribution < 1.29 is 9.59 Å². The minimum Gasteiger partial charge on any atom is -0.353 e. The molecule has 1 fully saturated rings. The largest absolute Gasteiger partial charge is 0.353 e. The molecule has 0 aromatic rings. The average molecular weight is 282 g/mol. The first-order chi connectivity index (χ1) is 8.94. The molecular weight excluding hydrogens is 252 g/mol. The number of carbonyl (C=O) groups is 2. The molecule has 0 aromatic carbocycles. The zero-order valence-electron chi connectivity index (χ0n) is 13.8. The molecule has 0 bridgehead atoms. The quantitative estimate of drug-likeness (QED) is 0.832. The van der Waals surface area contributed by atoms with E-state index in [2.05, 4.69) is 52.2 Å². The van der Waals surface area contributed by atoms with Crippen LogP contribution < -0.4 is 10.6 Å². The van der Waals surface area contributed by atoms with Crippen LogP contribution >= 0.6 is 0 Å². The molecule has 2 N–H and O–H groups in total. The molecule has 1 saturated carbocycles. The summed E-state index contributed by atoms with van der Waals surface area (Å²) in [5.74, 6) is 0.226. The molecule has 0 aromatic heterocycles. The molecule has 0 unspecified atom stereocenters. The highest BCUT2D eigenvalue weighted by atomic mass is 16.2. The van der Waals surface area contributed by atoms with Gasteiger partial charge in [-0.25, -0.2) is 0 Å². The van der Waals surface area contributed by atoms with Gasteiger partial charge in [0.25, 0.3) is 0 Å². The molecular formula is C16H30N2O2. The minimum absolute atomic E-state index is 0.0220. The summed E-state index contributed by atoms with van der Waals surface area (Å²) in [6, 6.07) is 0.453. The monoisotopic (exact) mass is 282 g/mol. The number of hydrogen-bond acceptors (Lipinski definition) is 2. The number of carbonyl (C=O) groups excluding carboxylic acids is 2. The Morgan fingerprint density at radius 3 is 1.35 bits per heavy atom. The standard InChI is InChI=1S/C16H30N2O2/c1-15(2,3)9-13(19)17-11-7-12(8-11)18-14(20)10-16(4,5)6/h11-12H,7-10H2,1-6H3,(H,17,19)(H,18,20). The van der Waals surface area contributed by atoms with Crippen molar-refractivity contribution in [3.05, 3.63) is 0 Å². The van der Waals surface area contributed by atoms with Crippen molar-refractivity contribution in [3.8, 4) is 0 Å². The van der Waals surface area contributed by atoms with E-state index >= 15 is 0 Å². The smallest absolute Gasteiger partial charge is 0.220 e. The lowest BCUT2D eigenvalue weighted by Crippen LogP contribution is -2.54. The molecule has 116 valence electrons. The van der Waals surface area contributed by atoms with Crippen LogP contribution in [0.1, 0.15) is 67.2 Å². The fourth-order valence-electron chi connectivity index (χ4n) is 2.37. The van der Waals surface area contributed by atoms with Gasteiger partial charge >= 0.3 is 0 Å². The Bertz CT molecular complexity index is 324. The Hall–Kier alpha value is -1.06. The van der Waals surface area contributed by atoms with Crippen LogP contribution in [-0.4, -0.2) is 23.9 Å². The van der Waals surface area contributed by atoms with Crippen molar-refractivity contribution in [3.63, 3.8) is 0 Å². The number of hydrogen-bond donors (Lipinski definition) is 2. The Labute approximate surface area is 123 Å². The maximum atomic E-state index is 11.8. The van der Waals surface area contributed by atoms with E-state index in [4.69, 9.17) is 0 Å². The van der Waals surface area contributed by atoms with Crippen LogP contribution in [0.5, 0.6) is 0 Å². The molecule has 0 spiro atoms. The van der Waals surface area contributed by atoms with Gasteiger partial charge in [-0.1, -0.05) is 41.5 Å². The van der Waals surface area contributed by atoms with Gasteiger partial charge in [0.15, 0.2) is 0 Å². The van der Waals surface area contributed by atoms with Gasteiger partial charge in [0.1, 0.15) is 0 Å². The summed E-state index contributed by atoms with van der Waals surface area (Å²) >= 11 is 0. The molecule has 1 rings (SSSR count). The number of nitrogens with one attached hydrogen (secondary N) is 2. The van der Waals surface area contributed by atoms with E-state index in [1.165, 1.54) is 0 Å². The van der Waals surface area contributed by atoms with E-state index in [1.807, 2.05) is 0 Å². The van der Waals surface area contributed by atoms with Crippen molar-refractivity contribution in [2.24, 2.45) is 10.8 Å². The van der Waals surface area contributed by atoms with E-state index in [-0.39, 0.29) is 34.7 Å². The molecule has 0 radical (unpaired) electrons. The van der Waals surface area contributed by atoms with Gasteiger partial charge in [0, 0.05) is 24.9 Å². The fraction of sp³-hybridized carbons (Fsp3) is 0.875. The zero-order valence-corrected chi connectivity index (χ0v) is 13.8. The average Bonchev–Trinajstić information content (AvgIpc) is 2.07. The molecule has 1 aliphatic rings. The first-order valence-electron chi connectivity index (χ1n) is 7.53. The molecule has 4 heteroatoms. The summed E-state index contributed by atoms with van der Waals surface area (Å²) in [6.07, 6.45) is 2.80. The summed E-state index contributed by atoms with van der Waals surface area (Å²) in [4.78, 5) is 23.6. The molecule has 2 amide bonds. The molecule has 0 saturated heterocycles. The lowest BCUT2D eigenvalue weighted by atomic mass is 9.85. The van der Waals surface area contributed by atoms with Crippen LogP contribution in [0, 0.1) is 10.8 Å². The Balaban J connectivity index is 2.20. The van der Waals surface area contributed by atoms with Crippen molar-refractivity contribution in [1.82, 2.24) is 10.6 Å². The Morgan fingerprint density at radius 1 is 0.800 bits per heavy atom. The SMILES string of the molecule is CC(C)(C)CC(=O)NC1CC(NC(=O)CC(C)(C)C)C1. The summed E-state index contributed by atoms with van der Waals surface area (Å²) in [7, 11) is 0. The van der Waals surface area contributed by atoms with Crippen molar-refractivity contribution in [2.45, 2.75) is 79.3 Å². The lowest BCUT2D eigenvalue weighted by molar-refractivity contribution is -0.125. The normalized spacial score (nSPS) is 22.9. The lowest BCUT2D eigenvalue weighted by Gasteiger charge is -2.37. The van der Waals surface area contributed by atoms with Crippen molar-refractivity contribution in [2.75, 3.05) is 0 Å². The topological polar surface area (TPSA) is 58.2 Å². The molecule has 20 heavy (non-hydrogen) atoms. The van der Waals surface area contributed by atoms with Gasteiger partial charge in [-0.05, 0) is 23.7 Å². The summed E-state index contributed by atoms with van der Waals surface area (Å²) < 4.78 is 0. The number of rotatable bonds is 4. The van der Waals surface area contributed by atoms with Crippen LogP contribution in [-0.2, 0) is 9.59 Å². The Kier molecular flexibility index (Phi) is 5.22. The second kappa shape index (κ2) is 6.15. The highest BCUT2D eigenvalue weighted by molar-refractivity contribution is 5.78. The third kappa shape index (κ3) is 6.92. The van der Waals surface area contributed by atoms with Crippen molar-refractivity contribution in [1.29, 1.82) is 0 Å². The second-order valence-electron chi connectivity index (χ2n) is 8.48. The van der Waals surface area contributed by atoms with Crippen LogP contribution in [0.3, 0.4) is 0 Å². The van der Waals surface area contributed by atoms with E-state index in [9.17, 15) is 9.59 Å². The van der Waals surface area contributed by atoms with Gasteiger partial charge in [0.2, 0.25) is 11.8 Å².